The molecule has 0 N–H and O–H groups in total. The van der Waals surface area contributed by atoms with E-state index in [-0.39, 0.29) is 5.88 Å². The molecule has 0 fully saturated rings. The molecule has 0 aliphatic carbocycles. The van der Waals surface area contributed by atoms with E-state index < -0.39 is 5.97 Å². The number of hydrogen-bond acceptors (Lipinski definition) is 5. The zero-order chi connectivity index (χ0) is 13.8. The van der Waals surface area contributed by atoms with Crippen LogP contribution in [0.3, 0.4) is 0 Å². The zero-order valence-electron chi connectivity index (χ0n) is 10.5. The van der Waals surface area contributed by atoms with Gasteiger partial charge in [-0.3, -0.25) is 0 Å². The van der Waals surface area contributed by atoms with Crippen molar-refractivity contribution in [1.29, 1.82) is 0 Å². The first-order valence-corrected chi connectivity index (χ1v) is 6.01. The van der Waals surface area contributed by atoms with Gasteiger partial charge in [-0.2, -0.15) is 0 Å². The summed E-state index contributed by atoms with van der Waals surface area (Å²) in [5, 5.41) is 3.61. The lowest BCUT2D eigenvalue weighted by atomic mass is 10.1. The average Bonchev–Trinajstić information content (AvgIpc) is 2.79. The normalized spacial score (nSPS) is 16.3. The van der Waals surface area contributed by atoms with Crippen LogP contribution in [-0.2, 0) is 9.63 Å². The second kappa shape index (κ2) is 5.75. The molecule has 0 unspecified atom stereocenters. The van der Waals surface area contributed by atoms with E-state index in [4.69, 9.17) is 21.1 Å². The van der Waals surface area contributed by atoms with Crippen molar-refractivity contribution in [2.45, 2.75) is 0 Å². The van der Waals surface area contributed by atoms with Gasteiger partial charge in [0, 0.05) is 5.56 Å². The first-order valence-electron chi connectivity index (χ1n) is 5.48. The van der Waals surface area contributed by atoms with Crippen LogP contribution in [0.25, 0.3) is 6.08 Å². The van der Waals surface area contributed by atoms with Gasteiger partial charge in [-0.05, 0) is 24.3 Å². The van der Waals surface area contributed by atoms with Gasteiger partial charge in [0.1, 0.15) is 17.2 Å². The predicted octanol–water partition coefficient (Wildman–Crippen LogP) is 2.24. The molecule has 2 rings (SSSR count). The number of carbonyl (C=O) groups is 1. The van der Waals surface area contributed by atoms with Crippen LogP contribution in [0.15, 0.2) is 28.9 Å². The third kappa shape index (κ3) is 2.71. The van der Waals surface area contributed by atoms with E-state index >= 15 is 0 Å². The van der Waals surface area contributed by atoms with E-state index in [1.165, 1.54) is 0 Å². The molecule has 1 aliphatic rings. The fraction of sp³-hybridized carbons (Fsp3) is 0.231. The maximum Gasteiger partial charge on any atom is 0.367 e. The Bertz CT molecular complexity index is 566. The number of rotatable bonds is 4. The van der Waals surface area contributed by atoms with Crippen LogP contribution in [0.4, 0.5) is 0 Å². The van der Waals surface area contributed by atoms with Gasteiger partial charge in [0.15, 0.2) is 0 Å². The highest BCUT2D eigenvalue weighted by Gasteiger charge is 2.25. The van der Waals surface area contributed by atoms with Gasteiger partial charge in [0.25, 0.3) is 0 Å². The molecule has 1 aromatic carbocycles. The summed E-state index contributed by atoms with van der Waals surface area (Å²) < 4.78 is 10.4. The van der Waals surface area contributed by atoms with Crippen molar-refractivity contribution in [2.75, 3.05) is 20.1 Å². The van der Waals surface area contributed by atoms with Crippen LogP contribution in [-0.4, -0.2) is 31.8 Å². The Hall–Kier alpha value is -2.01. The molecule has 100 valence electrons. The third-order valence-corrected chi connectivity index (χ3v) is 2.89. The van der Waals surface area contributed by atoms with Crippen molar-refractivity contribution in [3.63, 3.8) is 0 Å². The molecule has 5 nitrogen and oxygen atoms in total. The Morgan fingerprint density at radius 1 is 1.37 bits per heavy atom. The number of oxime groups is 1. The van der Waals surface area contributed by atoms with E-state index in [2.05, 4.69) is 9.99 Å². The van der Waals surface area contributed by atoms with Gasteiger partial charge in [0.2, 0.25) is 0 Å². The zero-order valence-corrected chi connectivity index (χ0v) is 11.2. The summed E-state index contributed by atoms with van der Waals surface area (Å²) in [4.78, 5) is 16.2. The molecule has 1 aliphatic heterocycles. The van der Waals surface area contributed by atoms with Gasteiger partial charge >= 0.3 is 5.97 Å². The first kappa shape index (κ1) is 13.4. The lowest BCUT2D eigenvalue weighted by molar-refractivity contribution is -0.136. The van der Waals surface area contributed by atoms with Crippen molar-refractivity contribution in [1.82, 2.24) is 0 Å². The van der Waals surface area contributed by atoms with Crippen LogP contribution in [0.1, 0.15) is 5.56 Å². The molecular weight excluding hydrogens is 270 g/mol. The average molecular weight is 282 g/mol. The first-order chi connectivity index (χ1) is 9.19. The molecule has 0 bridgehead atoms. The van der Waals surface area contributed by atoms with E-state index in [0.29, 0.717) is 28.3 Å². The Labute approximate surface area is 115 Å². The van der Waals surface area contributed by atoms with Crippen LogP contribution in [0, 0.1) is 0 Å². The third-order valence-electron chi connectivity index (χ3n) is 2.63. The van der Waals surface area contributed by atoms with Crippen LogP contribution in [0.2, 0.25) is 0 Å². The fourth-order valence-electron chi connectivity index (χ4n) is 1.66. The number of carbonyl (C=O) groups excluding carboxylic acids is 1. The number of hydrogen-bond donors (Lipinski definition) is 0. The number of alkyl halides is 1. The molecule has 0 atom stereocenters. The van der Waals surface area contributed by atoms with Crippen LogP contribution in [0.5, 0.6) is 11.5 Å². The predicted molar refractivity (Wildman–Crippen MR) is 71.8 cm³/mol. The lowest BCUT2D eigenvalue weighted by Crippen LogP contribution is -2.06. The van der Waals surface area contributed by atoms with E-state index in [9.17, 15) is 4.79 Å². The highest BCUT2D eigenvalue weighted by Crippen LogP contribution is 2.27. The topological polar surface area (TPSA) is 57.1 Å². The van der Waals surface area contributed by atoms with Crippen molar-refractivity contribution >= 4 is 29.4 Å². The monoisotopic (exact) mass is 281 g/mol. The maximum atomic E-state index is 11.6. The van der Waals surface area contributed by atoms with E-state index in [1.807, 2.05) is 0 Å². The minimum absolute atomic E-state index is 0.101. The van der Waals surface area contributed by atoms with Crippen molar-refractivity contribution in [2.24, 2.45) is 5.16 Å². The lowest BCUT2D eigenvalue weighted by Gasteiger charge is -2.07. The molecular formula is C13H12ClNO4. The minimum atomic E-state index is -0.527. The van der Waals surface area contributed by atoms with Gasteiger partial charge < -0.3 is 14.3 Å². The number of benzene rings is 1. The number of ether oxygens (including phenoxy) is 2. The van der Waals surface area contributed by atoms with Gasteiger partial charge in [0.05, 0.1) is 25.7 Å². The fourth-order valence-corrected chi connectivity index (χ4v) is 1.85. The van der Waals surface area contributed by atoms with Gasteiger partial charge in [-0.25, -0.2) is 4.79 Å². The molecule has 0 radical (unpaired) electrons. The van der Waals surface area contributed by atoms with E-state index in [1.54, 1.807) is 38.5 Å². The summed E-state index contributed by atoms with van der Waals surface area (Å²) in [7, 11) is 3.11. The molecule has 1 aromatic rings. The highest BCUT2D eigenvalue weighted by molar-refractivity contribution is 6.38. The Kier molecular flexibility index (Phi) is 4.06. The summed E-state index contributed by atoms with van der Waals surface area (Å²) in [5.41, 5.74) is 1.41. The maximum absolute atomic E-state index is 11.6. The van der Waals surface area contributed by atoms with Crippen molar-refractivity contribution in [3.05, 3.63) is 29.3 Å². The van der Waals surface area contributed by atoms with E-state index in [0.717, 1.165) is 0 Å². The summed E-state index contributed by atoms with van der Waals surface area (Å²) in [6, 6.07) is 5.27. The number of nitrogens with zero attached hydrogens (tertiary/aromatic N) is 1. The summed E-state index contributed by atoms with van der Waals surface area (Å²) in [6.07, 6.45) is 1.62. The molecule has 0 aromatic heterocycles. The largest absolute Gasteiger partial charge is 0.497 e. The molecule has 0 amide bonds. The number of methoxy groups -OCH3 is 2. The van der Waals surface area contributed by atoms with Gasteiger partial charge in [-0.1, -0.05) is 5.16 Å². The Morgan fingerprint density at radius 3 is 2.79 bits per heavy atom. The molecule has 0 spiro atoms. The Morgan fingerprint density at radius 2 is 2.16 bits per heavy atom. The second-order valence-corrected chi connectivity index (χ2v) is 3.98. The molecule has 0 saturated heterocycles. The summed E-state index contributed by atoms with van der Waals surface area (Å²) in [5.74, 6) is 0.843. The van der Waals surface area contributed by atoms with Crippen LogP contribution >= 0.6 is 11.6 Å². The van der Waals surface area contributed by atoms with Crippen molar-refractivity contribution < 1.29 is 19.1 Å². The highest BCUT2D eigenvalue weighted by atomic mass is 35.5. The van der Waals surface area contributed by atoms with Crippen LogP contribution < -0.4 is 9.47 Å². The molecule has 19 heavy (non-hydrogen) atoms. The number of halogens is 1. The second-order valence-electron chi connectivity index (χ2n) is 3.72. The standard InChI is InChI=1S/C13H12ClNO4/c1-17-9-3-4-12(18-2)8(5-9)6-10-11(7-14)15-19-13(10)16/h3-6H,7H2,1-2H3/b10-6+. The molecule has 1 heterocycles. The Balaban J connectivity index is 2.46. The van der Waals surface area contributed by atoms with Crippen molar-refractivity contribution in [3.8, 4) is 11.5 Å². The quantitative estimate of drug-likeness (QED) is 0.482. The van der Waals surface area contributed by atoms with Gasteiger partial charge in [-0.15, -0.1) is 11.6 Å². The summed E-state index contributed by atoms with van der Waals surface area (Å²) >= 11 is 5.71. The molecule has 0 saturated carbocycles. The smallest absolute Gasteiger partial charge is 0.367 e. The minimum Gasteiger partial charge on any atom is -0.497 e. The molecule has 6 heteroatoms. The SMILES string of the molecule is COc1ccc(OC)c(/C=C2/C(=O)ON=C2CCl)c1. The summed E-state index contributed by atoms with van der Waals surface area (Å²) in [6.45, 7) is 0.